The van der Waals surface area contributed by atoms with Gasteiger partial charge >= 0.3 is 0 Å². The fourth-order valence-electron chi connectivity index (χ4n) is 2.03. The maximum Gasteiger partial charge on any atom is 0.265 e. The Morgan fingerprint density at radius 3 is 2.09 bits per heavy atom. The quantitative estimate of drug-likeness (QED) is 0.737. The highest BCUT2D eigenvalue weighted by atomic mass is 32.1. The molecule has 0 unspecified atom stereocenters. The monoisotopic (exact) mass is 319 g/mol. The van der Waals surface area contributed by atoms with Crippen LogP contribution in [0.3, 0.4) is 0 Å². The third-order valence-corrected chi connectivity index (χ3v) is 4.06. The van der Waals surface area contributed by atoms with E-state index in [0.717, 1.165) is 17.1 Å². The molecule has 0 spiro atoms. The molecule has 3 aromatic rings. The second-order valence-corrected chi connectivity index (χ2v) is 5.77. The van der Waals surface area contributed by atoms with Crippen LogP contribution in [0.2, 0.25) is 0 Å². The number of anilines is 3. The van der Waals surface area contributed by atoms with Gasteiger partial charge in [-0.15, -0.1) is 11.3 Å². The molecule has 4 nitrogen and oxygen atoms in total. The van der Waals surface area contributed by atoms with Crippen molar-refractivity contribution in [1.82, 2.24) is 0 Å². The van der Waals surface area contributed by atoms with Crippen molar-refractivity contribution in [3.8, 4) is 6.07 Å². The van der Waals surface area contributed by atoms with Gasteiger partial charge in [0.25, 0.3) is 5.91 Å². The number of nitrogens with zero attached hydrogens (tertiary/aromatic N) is 1. The van der Waals surface area contributed by atoms with E-state index in [1.807, 2.05) is 47.8 Å². The first kappa shape index (κ1) is 14.8. The zero-order valence-corrected chi connectivity index (χ0v) is 12.9. The number of thiophene rings is 1. The molecule has 0 bridgehead atoms. The van der Waals surface area contributed by atoms with Gasteiger partial charge in [-0.2, -0.15) is 5.26 Å². The maximum atomic E-state index is 12.0. The third kappa shape index (κ3) is 3.76. The minimum absolute atomic E-state index is 0.104. The Bertz CT molecular complexity index is 831. The summed E-state index contributed by atoms with van der Waals surface area (Å²) in [6, 6.07) is 20.4. The maximum absolute atomic E-state index is 12.0. The van der Waals surface area contributed by atoms with Crippen LogP contribution in [0.5, 0.6) is 0 Å². The van der Waals surface area contributed by atoms with Crippen LogP contribution in [-0.4, -0.2) is 5.91 Å². The molecule has 2 aromatic carbocycles. The lowest BCUT2D eigenvalue weighted by Gasteiger charge is -2.08. The highest BCUT2D eigenvalue weighted by molar-refractivity contribution is 7.12. The highest BCUT2D eigenvalue weighted by Gasteiger charge is 2.06. The van der Waals surface area contributed by atoms with Gasteiger partial charge in [-0.25, -0.2) is 0 Å². The molecule has 0 saturated carbocycles. The van der Waals surface area contributed by atoms with E-state index in [1.165, 1.54) is 11.3 Å². The van der Waals surface area contributed by atoms with Crippen LogP contribution >= 0.6 is 11.3 Å². The molecule has 0 aliphatic rings. The van der Waals surface area contributed by atoms with Gasteiger partial charge in [-0.3, -0.25) is 4.79 Å². The van der Waals surface area contributed by atoms with Crippen molar-refractivity contribution in [3.05, 3.63) is 76.5 Å². The van der Waals surface area contributed by atoms with Crippen LogP contribution in [0.4, 0.5) is 17.1 Å². The van der Waals surface area contributed by atoms with Crippen LogP contribution in [0.1, 0.15) is 15.2 Å². The van der Waals surface area contributed by atoms with E-state index < -0.39 is 0 Å². The lowest BCUT2D eigenvalue weighted by molar-refractivity contribution is 0.103. The number of rotatable bonds is 4. The van der Waals surface area contributed by atoms with E-state index in [2.05, 4.69) is 16.7 Å². The standard InChI is InChI=1S/C18H13N3OS/c19-12-13-3-5-14(6-4-13)20-15-7-9-16(10-8-15)21-18(22)17-2-1-11-23-17/h1-11,20H,(H,21,22). The van der Waals surface area contributed by atoms with Gasteiger partial charge in [0.15, 0.2) is 0 Å². The van der Waals surface area contributed by atoms with Crippen molar-refractivity contribution in [2.24, 2.45) is 0 Å². The first-order chi connectivity index (χ1) is 11.2. The molecule has 0 atom stereocenters. The predicted octanol–water partition coefficient (Wildman–Crippen LogP) is 4.62. The number of nitrogens with one attached hydrogen (secondary N) is 2. The molecule has 1 amide bonds. The van der Waals surface area contributed by atoms with Gasteiger partial charge in [0.2, 0.25) is 0 Å². The van der Waals surface area contributed by atoms with Gasteiger partial charge in [0, 0.05) is 17.1 Å². The largest absolute Gasteiger partial charge is 0.356 e. The first-order valence-electron chi connectivity index (χ1n) is 6.97. The van der Waals surface area contributed by atoms with Crippen molar-refractivity contribution in [2.45, 2.75) is 0 Å². The highest BCUT2D eigenvalue weighted by Crippen LogP contribution is 2.20. The van der Waals surface area contributed by atoms with Crippen molar-refractivity contribution >= 4 is 34.3 Å². The lowest BCUT2D eigenvalue weighted by Crippen LogP contribution is -2.09. The van der Waals surface area contributed by atoms with Crippen LogP contribution in [0.25, 0.3) is 0 Å². The molecule has 0 radical (unpaired) electrons. The molecule has 0 aliphatic carbocycles. The normalized spacial score (nSPS) is 9.87. The van der Waals surface area contributed by atoms with E-state index in [0.29, 0.717) is 10.4 Å². The second-order valence-electron chi connectivity index (χ2n) is 4.82. The molecule has 112 valence electrons. The fraction of sp³-hybridized carbons (Fsp3) is 0. The number of carbonyl (C=O) groups is 1. The van der Waals surface area contributed by atoms with E-state index in [9.17, 15) is 4.79 Å². The summed E-state index contributed by atoms with van der Waals surface area (Å²) in [7, 11) is 0. The van der Waals surface area contributed by atoms with Gasteiger partial charge in [-0.05, 0) is 60.0 Å². The lowest BCUT2D eigenvalue weighted by atomic mass is 10.2. The minimum atomic E-state index is -0.104. The Hall–Kier alpha value is -3.10. The van der Waals surface area contributed by atoms with Crippen molar-refractivity contribution in [2.75, 3.05) is 10.6 Å². The van der Waals surface area contributed by atoms with Gasteiger partial charge in [-0.1, -0.05) is 6.07 Å². The molecule has 2 N–H and O–H groups in total. The van der Waals surface area contributed by atoms with Crippen LogP contribution in [-0.2, 0) is 0 Å². The van der Waals surface area contributed by atoms with E-state index in [-0.39, 0.29) is 5.91 Å². The van der Waals surface area contributed by atoms with Gasteiger partial charge in [0.1, 0.15) is 0 Å². The Balaban J connectivity index is 1.64. The predicted molar refractivity (Wildman–Crippen MR) is 93.2 cm³/mol. The average molecular weight is 319 g/mol. The van der Waals surface area contributed by atoms with E-state index >= 15 is 0 Å². The SMILES string of the molecule is N#Cc1ccc(Nc2ccc(NC(=O)c3cccs3)cc2)cc1. The Kier molecular flexibility index (Phi) is 4.37. The summed E-state index contributed by atoms with van der Waals surface area (Å²) >= 11 is 1.41. The first-order valence-corrected chi connectivity index (χ1v) is 7.85. The Labute approximate surface area is 138 Å². The topological polar surface area (TPSA) is 64.9 Å². The number of hydrogen-bond donors (Lipinski definition) is 2. The molecule has 5 heteroatoms. The van der Waals surface area contributed by atoms with E-state index in [4.69, 9.17) is 5.26 Å². The van der Waals surface area contributed by atoms with Crippen LogP contribution < -0.4 is 10.6 Å². The van der Waals surface area contributed by atoms with Gasteiger partial charge in [0.05, 0.1) is 16.5 Å². The number of benzene rings is 2. The summed E-state index contributed by atoms with van der Waals surface area (Å²) in [6.07, 6.45) is 0. The Morgan fingerprint density at radius 1 is 0.913 bits per heavy atom. The molecule has 0 aliphatic heterocycles. The van der Waals surface area contributed by atoms with Crippen LogP contribution in [0.15, 0.2) is 66.0 Å². The van der Waals surface area contributed by atoms with Crippen molar-refractivity contribution in [3.63, 3.8) is 0 Å². The molecular weight excluding hydrogens is 306 g/mol. The molecule has 0 saturated heterocycles. The van der Waals surface area contributed by atoms with Crippen molar-refractivity contribution in [1.29, 1.82) is 5.26 Å². The smallest absolute Gasteiger partial charge is 0.265 e. The summed E-state index contributed by atoms with van der Waals surface area (Å²) in [6.45, 7) is 0. The number of carbonyl (C=O) groups excluding carboxylic acids is 1. The summed E-state index contributed by atoms with van der Waals surface area (Å²) in [5, 5.41) is 16.8. The molecule has 1 aromatic heterocycles. The van der Waals surface area contributed by atoms with Gasteiger partial charge < -0.3 is 10.6 Å². The van der Waals surface area contributed by atoms with E-state index in [1.54, 1.807) is 18.2 Å². The molecule has 3 rings (SSSR count). The molecule has 0 fully saturated rings. The van der Waals surface area contributed by atoms with Crippen LogP contribution in [0, 0.1) is 11.3 Å². The van der Waals surface area contributed by atoms with Crippen molar-refractivity contribution < 1.29 is 4.79 Å². The summed E-state index contributed by atoms with van der Waals surface area (Å²) < 4.78 is 0. The molecule has 23 heavy (non-hydrogen) atoms. The summed E-state index contributed by atoms with van der Waals surface area (Å²) in [5.41, 5.74) is 3.18. The fourth-order valence-corrected chi connectivity index (χ4v) is 2.65. The third-order valence-electron chi connectivity index (χ3n) is 3.19. The zero-order valence-electron chi connectivity index (χ0n) is 12.1. The summed E-state index contributed by atoms with van der Waals surface area (Å²) in [4.78, 5) is 12.7. The zero-order chi connectivity index (χ0) is 16.1. The number of nitriles is 1. The Morgan fingerprint density at radius 2 is 1.52 bits per heavy atom. The average Bonchev–Trinajstić information content (AvgIpc) is 3.12. The summed E-state index contributed by atoms with van der Waals surface area (Å²) in [5.74, 6) is -0.104. The molecule has 1 heterocycles. The second kappa shape index (κ2) is 6.77. The number of hydrogen-bond acceptors (Lipinski definition) is 4. The molecular formula is C18H13N3OS. The number of amides is 1. The minimum Gasteiger partial charge on any atom is -0.356 e.